The SMILES string of the molecule is COc1c(C)cc(C(N)c2ccc(F)c(F)c2)cc1C. The van der Waals surface area contributed by atoms with Gasteiger partial charge in [-0.2, -0.15) is 0 Å². The predicted octanol–water partition coefficient (Wildman–Crippen LogP) is 3.64. The van der Waals surface area contributed by atoms with E-state index in [1.165, 1.54) is 6.07 Å². The Morgan fingerprint density at radius 1 is 0.950 bits per heavy atom. The van der Waals surface area contributed by atoms with E-state index in [0.29, 0.717) is 5.56 Å². The molecule has 2 nitrogen and oxygen atoms in total. The maximum Gasteiger partial charge on any atom is 0.159 e. The second kappa shape index (κ2) is 5.59. The summed E-state index contributed by atoms with van der Waals surface area (Å²) in [6.07, 6.45) is 0. The van der Waals surface area contributed by atoms with Gasteiger partial charge in [-0.3, -0.25) is 0 Å². The van der Waals surface area contributed by atoms with Gasteiger partial charge in [-0.25, -0.2) is 8.78 Å². The Bertz CT molecular complexity index is 617. The minimum absolute atomic E-state index is 0.506. The second-order valence-electron chi connectivity index (χ2n) is 4.84. The van der Waals surface area contributed by atoms with E-state index in [0.717, 1.165) is 34.6 Å². The lowest BCUT2D eigenvalue weighted by molar-refractivity contribution is 0.408. The summed E-state index contributed by atoms with van der Waals surface area (Å²) in [6.45, 7) is 3.85. The van der Waals surface area contributed by atoms with Crippen LogP contribution in [-0.4, -0.2) is 7.11 Å². The Morgan fingerprint density at radius 3 is 2.05 bits per heavy atom. The molecule has 0 aliphatic heterocycles. The van der Waals surface area contributed by atoms with E-state index in [4.69, 9.17) is 10.5 Å². The summed E-state index contributed by atoms with van der Waals surface area (Å²) in [5, 5.41) is 0. The zero-order chi connectivity index (χ0) is 14.9. The van der Waals surface area contributed by atoms with Crippen molar-refractivity contribution in [3.05, 3.63) is 64.2 Å². The largest absolute Gasteiger partial charge is 0.496 e. The monoisotopic (exact) mass is 277 g/mol. The van der Waals surface area contributed by atoms with Crippen molar-refractivity contribution in [2.24, 2.45) is 5.73 Å². The van der Waals surface area contributed by atoms with Crippen molar-refractivity contribution in [3.8, 4) is 5.75 Å². The number of hydrogen-bond acceptors (Lipinski definition) is 2. The number of rotatable bonds is 3. The van der Waals surface area contributed by atoms with Crippen LogP contribution in [0.4, 0.5) is 8.78 Å². The van der Waals surface area contributed by atoms with Crippen LogP contribution in [0.2, 0.25) is 0 Å². The minimum Gasteiger partial charge on any atom is -0.496 e. The van der Waals surface area contributed by atoms with E-state index >= 15 is 0 Å². The first-order valence-corrected chi connectivity index (χ1v) is 6.29. The van der Waals surface area contributed by atoms with Crippen molar-refractivity contribution in [2.75, 3.05) is 7.11 Å². The molecule has 0 saturated heterocycles. The van der Waals surface area contributed by atoms with Crippen LogP contribution < -0.4 is 10.5 Å². The van der Waals surface area contributed by atoms with E-state index in [-0.39, 0.29) is 0 Å². The molecule has 0 aliphatic rings. The molecule has 0 bridgehead atoms. The normalized spacial score (nSPS) is 12.3. The van der Waals surface area contributed by atoms with Crippen molar-refractivity contribution < 1.29 is 13.5 Å². The van der Waals surface area contributed by atoms with Gasteiger partial charge in [-0.15, -0.1) is 0 Å². The van der Waals surface area contributed by atoms with Gasteiger partial charge in [0.15, 0.2) is 11.6 Å². The molecule has 0 spiro atoms. The van der Waals surface area contributed by atoms with Gasteiger partial charge < -0.3 is 10.5 Å². The molecule has 0 heterocycles. The highest BCUT2D eigenvalue weighted by Crippen LogP contribution is 2.29. The first kappa shape index (κ1) is 14.5. The predicted molar refractivity (Wildman–Crippen MR) is 74.9 cm³/mol. The van der Waals surface area contributed by atoms with Gasteiger partial charge in [0, 0.05) is 0 Å². The summed E-state index contributed by atoms with van der Waals surface area (Å²) >= 11 is 0. The number of methoxy groups -OCH3 is 1. The summed E-state index contributed by atoms with van der Waals surface area (Å²) in [7, 11) is 1.62. The summed E-state index contributed by atoms with van der Waals surface area (Å²) in [5.41, 5.74) is 9.43. The highest BCUT2D eigenvalue weighted by atomic mass is 19.2. The lowest BCUT2D eigenvalue weighted by Gasteiger charge is -2.17. The van der Waals surface area contributed by atoms with Crippen LogP contribution >= 0.6 is 0 Å². The van der Waals surface area contributed by atoms with E-state index in [1.54, 1.807) is 7.11 Å². The maximum absolute atomic E-state index is 13.3. The van der Waals surface area contributed by atoms with E-state index in [2.05, 4.69) is 0 Å². The Balaban J connectivity index is 2.42. The van der Waals surface area contributed by atoms with Gasteiger partial charge in [0.05, 0.1) is 13.2 Å². The van der Waals surface area contributed by atoms with Gasteiger partial charge >= 0.3 is 0 Å². The highest BCUT2D eigenvalue weighted by molar-refractivity contribution is 5.46. The van der Waals surface area contributed by atoms with Crippen LogP contribution in [-0.2, 0) is 0 Å². The summed E-state index contributed by atoms with van der Waals surface area (Å²) in [5.74, 6) is -0.950. The van der Waals surface area contributed by atoms with Gasteiger partial charge in [-0.1, -0.05) is 18.2 Å². The van der Waals surface area contributed by atoms with Crippen molar-refractivity contribution in [1.29, 1.82) is 0 Å². The molecule has 0 amide bonds. The number of aryl methyl sites for hydroxylation is 2. The van der Waals surface area contributed by atoms with Crippen LogP contribution in [0.1, 0.15) is 28.3 Å². The average Bonchev–Trinajstić information content (AvgIpc) is 2.40. The smallest absolute Gasteiger partial charge is 0.159 e. The van der Waals surface area contributed by atoms with Crippen molar-refractivity contribution in [1.82, 2.24) is 0 Å². The number of ether oxygens (including phenoxy) is 1. The third kappa shape index (κ3) is 2.65. The summed E-state index contributed by atoms with van der Waals surface area (Å²) in [6, 6.07) is 7.02. The highest BCUT2D eigenvalue weighted by Gasteiger charge is 2.14. The number of halogens is 2. The number of benzene rings is 2. The lowest BCUT2D eigenvalue weighted by atomic mass is 9.95. The van der Waals surface area contributed by atoms with E-state index in [9.17, 15) is 8.78 Å². The molecular weight excluding hydrogens is 260 g/mol. The quantitative estimate of drug-likeness (QED) is 0.929. The fourth-order valence-corrected chi connectivity index (χ4v) is 2.38. The van der Waals surface area contributed by atoms with Crippen LogP contribution in [0.25, 0.3) is 0 Å². The zero-order valence-electron chi connectivity index (χ0n) is 11.7. The summed E-state index contributed by atoms with van der Waals surface area (Å²) in [4.78, 5) is 0. The van der Waals surface area contributed by atoms with E-state index < -0.39 is 17.7 Å². The van der Waals surface area contributed by atoms with Gasteiger partial charge in [0.25, 0.3) is 0 Å². The van der Waals surface area contributed by atoms with Gasteiger partial charge in [-0.05, 0) is 48.2 Å². The Kier molecular flexibility index (Phi) is 4.04. The third-order valence-electron chi connectivity index (χ3n) is 3.35. The molecule has 20 heavy (non-hydrogen) atoms. The molecule has 2 N–H and O–H groups in total. The van der Waals surface area contributed by atoms with Crippen LogP contribution in [0.15, 0.2) is 30.3 Å². The molecule has 4 heteroatoms. The molecule has 0 aromatic heterocycles. The fraction of sp³-hybridized carbons (Fsp3) is 0.250. The number of hydrogen-bond donors (Lipinski definition) is 1. The van der Waals surface area contributed by atoms with Crippen LogP contribution in [0, 0.1) is 25.5 Å². The summed E-state index contributed by atoms with van der Waals surface area (Å²) < 4.78 is 31.5. The number of nitrogens with two attached hydrogens (primary N) is 1. The fourth-order valence-electron chi connectivity index (χ4n) is 2.38. The molecular formula is C16H17F2NO. The third-order valence-corrected chi connectivity index (χ3v) is 3.35. The van der Waals surface area contributed by atoms with Gasteiger partial charge in [0.1, 0.15) is 5.75 Å². The molecule has 2 aromatic carbocycles. The van der Waals surface area contributed by atoms with Crippen LogP contribution in [0.3, 0.4) is 0 Å². The van der Waals surface area contributed by atoms with Crippen molar-refractivity contribution in [2.45, 2.75) is 19.9 Å². The topological polar surface area (TPSA) is 35.2 Å². The average molecular weight is 277 g/mol. The molecule has 1 unspecified atom stereocenters. The Hall–Kier alpha value is -1.94. The molecule has 106 valence electrons. The molecule has 0 aliphatic carbocycles. The van der Waals surface area contributed by atoms with Crippen molar-refractivity contribution >= 4 is 0 Å². The van der Waals surface area contributed by atoms with E-state index in [1.807, 2.05) is 26.0 Å². The Labute approximate surface area is 117 Å². The molecule has 2 rings (SSSR count). The molecule has 1 atom stereocenters. The molecule has 0 radical (unpaired) electrons. The molecule has 0 fully saturated rings. The van der Waals surface area contributed by atoms with Gasteiger partial charge in [0.2, 0.25) is 0 Å². The lowest BCUT2D eigenvalue weighted by Crippen LogP contribution is -2.13. The standard InChI is InChI=1S/C16H17F2NO/c1-9-6-12(7-10(2)16(9)20-3)15(19)11-4-5-13(17)14(18)8-11/h4-8,15H,19H2,1-3H3. The minimum atomic E-state index is -0.889. The molecule has 2 aromatic rings. The Morgan fingerprint density at radius 2 is 1.55 bits per heavy atom. The second-order valence-corrected chi connectivity index (χ2v) is 4.84. The maximum atomic E-state index is 13.3. The molecule has 0 saturated carbocycles. The van der Waals surface area contributed by atoms with Crippen LogP contribution in [0.5, 0.6) is 5.75 Å². The zero-order valence-corrected chi connectivity index (χ0v) is 11.7. The first-order chi connectivity index (χ1) is 9.43. The first-order valence-electron chi connectivity index (χ1n) is 6.29. The van der Waals surface area contributed by atoms with Crippen molar-refractivity contribution in [3.63, 3.8) is 0 Å².